The van der Waals surface area contributed by atoms with E-state index in [0.717, 1.165) is 18.3 Å². The number of hydrogen-bond donors (Lipinski definition) is 0. The fourth-order valence-corrected chi connectivity index (χ4v) is 4.86. The van der Waals surface area contributed by atoms with Crippen molar-refractivity contribution in [3.8, 4) is 0 Å². The molecule has 0 N–H and O–H groups in total. The number of aryl methyl sites for hydroxylation is 1. The maximum Gasteiger partial charge on any atom is 0.127 e. The van der Waals surface area contributed by atoms with Crippen LogP contribution in [0.1, 0.15) is 73.9 Å². The van der Waals surface area contributed by atoms with Crippen LogP contribution in [0.4, 0.5) is 0 Å². The lowest BCUT2D eigenvalue weighted by Crippen LogP contribution is -1.97. The van der Waals surface area contributed by atoms with E-state index in [1.54, 1.807) is 0 Å². The lowest BCUT2D eigenvalue weighted by molar-refractivity contribution is -0.108. The molecule has 0 saturated carbocycles. The first kappa shape index (κ1) is 23.4. The van der Waals surface area contributed by atoms with E-state index >= 15 is 0 Å². The fourth-order valence-electron chi connectivity index (χ4n) is 3.09. The normalized spacial score (nSPS) is 13.5. The standard InChI is InChI=1S/C12H19OP.C12H16O/c1-5-12(14(3,4)13)11-8-6-10(2)7-9-11;1-9(2)11-4-6-12(7-5-11)10(3)8-13/h6-9,12H,5H2,1-4H3;4-10H,1-3H3. The minimum absolute atomic E-state index is 0.0150. The third-order valence-electron chi connectivity index (χ3n) is 4.93. The summed E-state index contributed by atoms with van der Waals surface area (Å²) < 4.78 is 12.0. The van der Waals surface area contributed by atoms with Crippen molar-refractivity contribution < 1.29 is 9.36 Å². The summed E-state index contributed by atoms with van der Waals surface area (Å²) in [5.74, 6) is 0.571. The van der Waals surface area contributed by atoms with Gasteiger partial charge in [-0.1, -0.05) is 81.8 Å². The SMILES string of the molecule is CC(C)c1ccc(C(C)C=O)cc1.CCC(c1ccc(C)cc1)P(C)(C)=O. The zero-order valence-corrected chi connectivity index (χ0v) is 18.8. The molecular formula is C24H35O2P. The van der Waals surface area contributed by atoms with E-state index in [2.05, 4.69) is 64.1 Å². The molecule has 27 heavy (non-hydrogen) atoms. The Morgan fingerprint density at radius 3 is 1.67 bits per heavy atom. The van der Waals surface area contributed by atoms with Crippen molar-refractivity contribution in [3.63, 3.8) is 0 Å². The van der Waals surface area contributed by atoms with Gasteiger partial charge in [-0.05, 0) is 49.3 Å². The molecule has 0 saturated heterocycles. The molecule has 0 spiro atoms. The molecule has 0 aliphatic heterocycles. The molecule has 0 fully saturated rings. The van der Waals surface area contributed by atoms with Crippen LogP contribution in [0.15, 0.2) is 48.5 Å². The Labute approximate surface area is 165 Å². The summed E-state index contributed by atoms with van der Waals surface area (Å²) in [6.45, 7) is 14.2. The largest absolute Gasteiger partial charge is 0.323 e. The second-order valence-corrected chi connectivity index (χ2v) is 11.5. The van der Waals surface area contributed by atoms with Crippen LogP contribution in [0.5, 0.6) is 0 Å². The Bertz CT molecular complexity index is 739. The van der Waals surface area contributed by atoms with Gasteiger partial charge in [0.2, 0.25) is 0 Å². The summed E-state index contributed by atoms with van der Waals surface area (Å²) >= 11 is 0. The molecule has 0 aromatic heterocycles. The van der Waals surface area contributed by atoms with Gasteiger partial charge in [-0.25, -0.2) is 0 Å². The average Bonchev–Trinajstić information content (AvgIpc) is 2.62. The quantitative estimate of drug-likeness (QED) is 0.389. The van der Waals surface area contributed by atoms with Gasteiger partial charge in [0.1, 0.15) is 6.29 Å². The highest BCUT2D eigenvalue weighted by atomic mass is 31.2. The van der Waals surface area contributed by atoms with Gasteiger partial charge in [0.05, 0.1) is 7.14 Å². The molecule has 2 unspecified atom stereocenters. The van der Waals surface area contributed by atoms with E-state index in [1.165, 1.54) is 16.7 Å². The molecule has 0 aliphatic carbocycles. The summed E-state index contributed by atoms with van der Waals surface area (Å²) in [6.07, 6.45) is 1.93. The topological polar surface area (TPSA) is 34.1 Å². The minimum atomic E-state index is -2.01. The molecule has 2 aromatic rings. The van der Waals surface area contributed by atoms with Crippen LogP contribution >= 0.6 is 7.14 Å². The van der Waals surface area contributed by atoms with Crippen LogP contribution < -0.4 is 0 Å². The van der Waals surface area contributed by atoms with Crippen LogP contribution in [0, 0.1) is 6.92 Å². The van der Waals surface area contributed by atoms with Gasteiger partial charge in [-0.15, -0.1) is 0 Å². The predicted octanol–water partition coefficient (Wildman–Crippen LogP) is 7.18. The molecule has 0 heterocycles. The van der Waals surface area contributed by atoms with Gasteiger partial charge in [0.15, 0.2) is 0 Å². The van der Waals surface area contributed by atoms with Gasteiger partial charge < -0.3 is 9.36 Å². The van der Waals surface area contributed by atoms with Crippen LogP contribution in [0.3, 0.4) is 0 Å². The number of benzene rings is 2. The Kier molecular flexibility index (Phi) is 9.19. The van der Waals surface area contributed by atoms with Crippen LogP contribution in [0.25, 0.3) is 0 Å². The van der Waals surface area contributed by atoms with Gasteiger partial charge >= 0.3 is 0 Å². The minimum Gasteiger partial charge on any atom is -0.323 e. The van der Waals surface area contributed by atoms with Crippen molar-refractivity contribution in [2.45, 2.75) is 58.5 Å². The summed E-state index contributed by atoms with van der Waals surface area (Å²) in [7, 11) is -2.01. The molecule has 0 radical (unpaired) electrons. The summed E-state index contributed by atoms with van der Waals surface area (Å²) in [4.78, 5) is 10.5. The second-order valence-electron chi connectivity index (χ2n) is 8.02. The number of rotatable bonds is 6. The fraction of sp³-hybridized carbons (Fsp3) is 0.458. The highest BCUT2D eigenvalue weighted by Crippen LogP contribution is 2.54. The maximum absolute atomic E-state index is 12.0. The Morgan fingerprint density at radius 2 is 1.30 bits per heavy atom. The van der Waals surface area contributed by atoms with Crippen molar-refractivity contribution in [2.75, 3.05) is 13.3 Å². The molecule has 2 rings (SSSR count). The zero-order valence-electron chi connectivity index (χ0n) is 17.9. The monoisotopic (exact) mass is 386 g/mol. The van der Waals surface area contributed by atoms with E-state index in [1.807, 2.05) is 32.4 Å². The number of carbonyl (C=O) groups is 1. The van der Waals surface area contributed by atoms with E-state index < -0.39 is 7.14 Å². The molecule has 2 nitrogen and oxygen atoms in total. The molecule has 2 atom stereocenters. The number of carbonyl (C=O) groups excluding carboxylic acids is 1. The van der Waals surface area contributed by atoms with Crippen LogP contribution in [-0.2, 0) is 9.36 Å². The lowest BCUT2D eigenvalue weighted by Gasteiger charge is -2.20. The molecule has 0 aliphatic rings. The third kappa shape index (κ3) is 7.46. The van der Waals surface area contributed by atoms with Gasteiger partial charge in [0.25, 0.3) is 0 Å². The number of aldehydes is 1. The molecule has 2 aromatic carbocycles. The highest BCUT2D eigenvalue weighted by Gasteiger charge is 2.22. The van der Waals surface area contributed by atoms with E-state index in [-0.39, 0.29) is 11.6 Å². The Balaban J connectivity index is 0.000000271. The van der Waals surface area contributed by atoms with Gasteiger partial charge in [-0.2, -0.15) is 0 Å². The van der Waals surface area contributed by atoms with Crippen molar-refractivity contribution >= 4 is 13.4 Å². The molecule has 0 amide bonds. The second kappa shape index (κ2) is 10.6. The third-order valence-corrected chi connectivity index (χ3v) is 7.10. The lowest BCUT2D eigenvalue weighted by atomic mass is 9.97. The Hall–Kier alpha value is -1.66. The zero-order chi connectivity index (χ0) is 20.6. The van der Waals surface area contributed by atoms with Crippen molar-refractivity contribution in [3.05, 3.63) is 70.8 Å². The van der Waals surface area contributed by atoms with E-state index in [9.17, 15) is 9.36 Å². The predicted molar refractivity (Wildman–Crippen MR) is 119 cm³/mol. The number of hydrogen-bond acceptors (Lipinski definition) is 2. The van der Waals surface area contributed by atoms with Crippen molar-refractivity contribution in [2.24, 2.45) is 0 Å². The Morgan fingerprint density at radius 1 is 0.852 bits per heavy atom. The first-order chi connectivity index (χ1) is 12.6. The average molecular weight is 387 g/mol. The summed E-state index contributed by atoms with van der Waals surface area (Å²) in [5.41, 5.74) is 5.11. The summed E-state index contributed by atoms with van der Waals surface area (Å²) in [5, 5.41) is 0. The first-order valence-corrected chi connectivity index (χ1v) is 12.4. The smallest absolute Gasteiger partial charge is 0.127 e. The van der Waals surface area contributed by atoms with Crippen molar-refractivity contribution in [1.29, 1.82) is 0 Å². The van der Waals surface area contributed by atoms with Gasteiger partial charge in [-0.3, -0.25) is 0 Å². The molecule has 3 heteroatoms. The summed E-state index contributed by atoms with van der Waals surface area (Å²) in [6, 6.07) is 16.6. The maximum atomic E-state index is 12.0. The van der Waals surface area contributed by atoms with Crippen LogP contribution in [0.2, 0.25) is 0 Å². The van der Waals surface area contributed by atoms with Crippen molar-refractivity contribution in [1.82, 2.24) is 0 Å². The molecule has 148 valence electrons. The van der Waals surface area contributed by atoms with Crippen LogP contribution in [-0.4, -0.2) is 19.6 Å². The molecule has 0 bridgehead atoms. The first-order valence-electron chi connectivity index (χ1n) is 9.76. The molecular weight excluding hydrogens is 351 g/mol. The van der Waals surface area contributed by atoms with E-state index in [4.69, 9.17) is 0 Å². The van der Waals surface area contributed by atoms with E-state index in [0.29, 0.717) is 5.92 Å². The highest BCUT2D eigenvalue weighted by molar-refractivity contribution is 7.62. The van der Waals surface area contributed by atoms with Gasteiger partial charge in [0, 0.05) is 11.6 Å².